The molecule has 0 spiro atoms. The van der Waals surface area contributed by atoms with Crippen molar-refractivity contribution in [3.8, 4) is 0 Å². The Balaban J connectivity index is 1.95. The highest BCUT2D eigenvalue weighted by Gasteiger charge is 2.37. The van der Waals surface area contributed by atoms with E-state index in [-0.39, 0.29) is 11.5 Å². The Morgan fingerprint density at radius 1 is 1.03 bits per heavy atom. The topological polar surface area (TPSA) is 79.3 Å². The van der Waals surface area contributed by atoms with E-state index in [4.69, 9.17) is 4.74 Å². The SMILES string of the molecule is CN(C)c1ccc(/C=C2\N=C(C(=O)c3ccccc3)N(CC(=O)OC(C)(C)C)C2=O)cc1. The van der Waals surface area contributed by atoms with Crippen LogP contribution in [-0.4, -0.2) is 54.6 Å². The number of carbonyl (C=O) groups is 3. The van der Waals surface area contributed by atoms with Crippen LogP contribution in [0.4, 0.5) is 5.69 Å². The first-order chi connectivity index (χ1) is 15.0. The summed E-state index contributed by atoms with van der Waals surface area (Å²) in [6.07, 6.45) is 1.61. The predicted molar refractivity (Wildman–Crippen MR) is 125 cm³/mol. The van der Waals surface area contributed by atoms with Crippen LogP contribution >= 0.6 is 0 Å². The number of amidine groups is 1. The summed E-state index contributed by atoms with van der Waals surface area (Å²) in [5.41, 5.74) is 1.52. The summed E-state index contributed by atoms with van der Waals surface area (Å²) in [4.78, 5) is 46.0. The molecule has 0 unspecified atom stereocenters. The average Bonchev–Trinajstić information content (AvgIpc) is 3.02. The van der Waals surface area contributed by atoms with E-state index in [9.17, 15) is 14.4 Å². The Morgan fingerprint density at radius 3 is 2.22 bits per heavy atom. The van der Waals surface area contributed by atoms with E-state index < -0.39 is 29.8 Å². The Morgan fingerprint density at radius 2 is 1.66 bits per heavy atom. The second-order valence-electron chi connectivity index (χ2n) is 8.62. The molecule has 0 saturated heterocycles. The lowest BCUT2D eigenvalue weighted by atomic mass is 10.1. The molecule has 2 aromatic rings. The molecule has 7 heteroatoms. The molecule has 1 aliphatic rings. The average molecular weight is 434 g/mol. The van der Waals surface area contributed by atoms with Crippen molar-refractivity contribution < 1.29 is 19.1 Å². The van der Waals surface area contributed by atoms with Gasteiger partial charge in [0.2, 0.25) is 5.78 Å². The number of benzene rings is 2. The van der Waals surface area contributed by atoms with Crippen molar-refractivity contribution in [2.45, 2.75) is 26.4 Å². The summed E-state index contributed by atoms with van der Waals surface area (Å²) < 4.78 is 5.35. The molecule has 0 N–H and O–H groups in total. The Bertz CT molecular complexity index is 1080. The van der Waals surface area contributed by atoms with Gasteiger partial charge in [-0.25, -0.2) is 4.99 Å². The zero-order valence-corrected chi connectivity index (χ0v) is 19.0. The number of esters is 1. The third-order valence-electron chi connectivity index (χ3n) is 4.61. The fraction of sp³-hybridized carbons (Fsp3) is 0.280. The number of amides is 1. The van der Waals surface area contributed by atoms with Crippen LogP contribution in [0.1, 0.15) is 36.7 Å². The van der Waals surface area contributed by atoms with Crippen molar-refractivity contribution in [1.29, 1.82) is 0 Å². The highest BCUT2D eigenvalue weighted by molar-refractivity contribution is 6.49. The maximum absolute atomic E-state index is 13.1. The molecule has 0 aliphatic carbocycles. The van der Waals surface area contributed by atoms with Gasteiger partial charge in [0.05, 0.1) is 0 Å². The zero-order valence-electron chi connectivity index (χ0n) is 19.0. The van der Waals surface area contributed by atoms with Crippen molar-refractivity contribution in [2.24, 2.45) is 4.99 Å². The van der Waals surface area contributed by atoms with E-state index in [0.717, 1.165) is 16.2 Å². The predicted octanol–water partition coefficient (Wildman–Crippen LogP) is 3.56. The third-order valence-corrected chi connectivity index (χ3v) is 4.61. The normalized spacial score (nSPS) is 15.0. The minimum absolute atomic E-state index is 0.0884. The molecule has 3 rings (SSSR count). The van der Waals surface area contributed by atoms with Crippen LogP contribution in [0.25, 0.3) is 6.08 Å². The van der Waals surface area contributed by atoms with Crippen LogP contribution in [0.15, 0.2) is 65.3 Å². The number of ether oxygens (including phenoxy) is 1. The Hall–Kier alpha value is -3.74. The zero-order chi connectivity index (χ0) is 23.5. The first-order valence-electron chi connectivity index (χ1n) is 10.3. The summed E-state index contributed by atoms with van der Waals surface area (Å²) in [6, 6.07) is 16.1. The molecule has 0 bridgehead atoms. The molecule has 1 aliphatic heterocycles. The van der Waals surface area contributed by atoms with Crippen molar-refractivity contribution in [3.05, 3.63) is 71.4 Å². The van der Waals surface area contributed by atoms with Gasteiger partial charge in [-0.3, -0.25) is 19.3 Å². The number of rotatable bonds is 6. The quantitative estimate of drug-likeness (QED) is 0.395. The van der Waals surface area contributed by atoms with Crippen molar-refractivity contribution >= 4 is 35.3 Å². The van der Waals surface area contributed by atoms with Crippen molar-refractivity contribution in [2.75, 3.05) is 25.5 Å². The van der Waals surface area contributed by atoms with Gasteiger partial charge in [0.1, 0.15) is 17.8 Å². The lowest BCUT2D eigenvalue weighted by Gasteiger charge is -2.22. The molecule has 32 heavy (non-hydrogen) atoms. The Labute approximate surface area is 188 Å². The van der Waals surface area contributed by atoms with Gasteiger partial charge in [0, 0.05) is 25.3 Å². The molecule has 166 valence electrons. The van der Waals surface area contributed by atoms with Crippen LogP contribution in [0, 0.1) is 0 Å². The number of hydrogen-bond donors (Lipinski definition) is 0. The van der Waals surface area contributed by atoms with E-state index in [1.54, 1.807) is 57.2 Å². The second-order valence-corrected chi connectivity index (χ2v) is 8.62. The number of ketones is 1. The maximum atomic E-state index is 13.1. The number of carbonyl (C=O) groups excluding carboxylic acids is 3. The molecule has 0 saturated carbocycles. The molecule has 2 aromatic carbocycles. The molecule has 0 radical (unpaired) electrons. The third kappa shape index (κ3) is 5.49. The second kappa shape index (κ2) is 9.18. The number of aliphatic imine (C=N–C) groups is 1. The van der Waals surface area contributed by atoms with Gasteiger partial charge in [0.15, 0.2) is 5.84 Å². The van der Waals surface area contributed by atoms with E-state index in [1.165, 1.54) is 0 Å². The lowest BCUT2D eigenvalue weighted by molar-refractivity contribution is -0.156. The molecular weight excluding hydrogens is 406 g/mol. The molecule has 0 fully saturated rings. The van der Waals surface area contributed by atoms with E-state index in [2.05, 4.69) is 4.99 Å². The van der Waals surface area contributed by atoms with Gasteiger partial charge < -0.3 is 9.64 Å². The molecule has 1 heterocycles. The van der Waals surface area contributed by atoms with Gasteiger partial charge in [-0.05, 0) is 44.5 Å². The van der Waals surface area contributed by atoms with E-state index in [1.807, 2.05) is 43.3 Å². The fourth-order valence-electron chi connectivity index (χ4n) is 3.12. The Kier molecular flexibility index (Phi) is 6.58. The summed E-state index contributed by atoms with van der Waals surface area (Å²) in [5, 5.41) is 0. The number of Topliss-reactive ketones (excluding diaryl/α,β-unsaturated/α-hetero) is 1. The van der Waals surface area contributed by atoms with Crippen LogP contribution in [0.5, 0.6) is 0 Å². The summed E-state index contributed by atoms with van der Waals surface area (Å²) >= 11 is 0. The maximum Gasteiger partial charge on any atom is 0.326 e. The minimum Gasteiger partial charge on any atom is -0.459 e. The van der Waals surface area contributed by atoms with E-state index in [0.29, 0.717) is 5.56 Å². The minimum atomic E-state index is -0.715. The van der Waals surface area contributed by atoms with Gasteiger partial charge in [-0.2, -0.15) is 0 Å². The first kappa shape index (κ1) is 22.9. The van der Waals surface area contributed by atoms with Gasteiger partial charge >= 0.3 is 5.97 Å². The van der Waals surface area contributed by atoms with E-state index >= 15 is 0 Å². The lowest BCUT2D eigenvalue weighted by Crippen LogP contribution is -2.42. The number of anilines is 1. The van der Waals surface area contributed by atoms with Crippen molar-refractivity contribution in [1.82, 2.24) is 4.90 Å². The van der Waals surface area contributed by atoms with Gasteiger partial charge in [0.25, 0.3) is 5.91 Å². The highest BCUT2D eigenvalue weighted by Crippen LogP contribution is 2.22. The standard InChI is InChI=1S/C25H27N3O4/c1-25(2,3)32-21(29)16-28-23(22(30)18-9-7-6-8-10-18)26-20(24(28)31)15-17-11-13-19(14-12-17)27(4)5/h6-15H,16H2,1-5H3/b20-15-. The monoisotopic (exact) mass is 433 g/mol. The van der Waals surface area contributed by atoms with Crippen LogP contribution in [0.3, 0.4) is 0 Å². The van der Waals surface area contributed by atoms with Crippen LogP contribution in [-0.2, 0) is 14.3 Å². The molecule has 1 amide bonds. The largest absolute Gasteiger partial charge is 0.459 e. The van der Waals surface area contributed by atoms with Gasteiger partial charge in [-0.1, -0.05) is 42.5 Å². The number of hydrogen-bond acceptors (Lipinski definition) is 6. The smallest absolute Gasteiger partial charge is 0.326 e. The first-order valence-corrected chi connectivity index (χ1v) is 10.3. The highest BCUT2D eigenvalue weighted by atomic mass is 16.6. The summed E-state index contributed by atoms with van der Waals surface area (Å²) in [6.45, 7) is 4.82. The van der Waals surface area contributed by atoms with Crippen molar-refractivity contribution in [3.63, 3.8) is 0 Å². The molecule has 0 aromatic heterocycles. The van der Waals surface area contributed by atoms with Crippen LogP contribution in [0.2, 0.25) is 0 Å². The number of nitrogens with zero attached hydrogens (tertiary/aromatic N) is 3. The molecule has 7 nitrogen and oxygen atoms in total. The molecular formula is C25H27N3O4. The van der Waals surface area contributed by atoms with Gasteiger partial charge in [-0.15, -0.1) is 0 Å². The summed E-state index contributed by atoms with van der Waals surface area (Å²) in [7, 11) is 3.88. The van der Waals surface area contributed by atoms with Crippen LogP contribution < -0.4 is 4.90 Å². The molecule has 0 atom stereocenters. The summed E-state index contributed by atoms with van der Waals surface area (Å²) in [5.74, 6) is -1.67. The fourth-order valence-corrected chi connectivity index (χ4v) is 3.12.